The smallest absolute Gasteiger partial charge is 0.319 e. The van der Waals surface area contributed by atoms with Gasteiger partial charge in [0, 0.05) is 17.2 Å². The number of hydrogen-bond acceptors (Lipinski definition) is 4. The van der Waals surface area contributed by atoms with Crippen LogP contribution in [0.25, 0.3) is 0 Å². The van der Waals surface area contributed by atoms with Crippen LogP contribution in [0, 0.1) is 0 Å². The molecule has 3 N–H and O–H groups in total. The average molecular weight is 384 g/mol. The van der Waals surface area contributed by atoms with E-state index in [2.05, 4.69) is 31.9 Å². The third-order valence-electron chi connectivity index (χ3n) is 3.55. The van der Waals surface area contributed by atoms with Gasteiger partial charge in [-0.15, -0.1) is 0 Å². The summed E-state index contributed by atoms with van der Waals surface area (Å²) in [5, 5.41) is 7.97. The van der Waals surface area contributed by atoms with Crippen LogP contribution in [0.4, 0.5) is 4.79 Å². The maximum Gasteiger partial charge on any atom is 0.319 e. The molecule has 1 unspecified atom stereocenters. The topological polar surface area (TPSA) is 88.7 Å². The number of methoxy groups -OCH3 is 2. The molecule has 0 spiro atoms. The molecular formula is C15H18BrN3O4. The molecule has 1 heterocycles. The van der Waals surface area contributed by atoms with Gasteiger partial charge < -0.3 is 25.4 Å². The number of nitrogens with one attached hydrogen (secondary N) is 3. The summed E-state index contributed by atoms with van der Waals surface area (Å²) in [7, 11) is 4.60. The zero-order valence-electron chi connectivity index (χ0n) is 13.2. The standard InChI is InChI=1S/C15H18BrN3O4/c1-7-12(14(20)17-2)13(19-15(21)18-7)8-5-10(22-3)11(23-4)6-9(8)16/h5-6,13H,1-4H3,(H,17,20)(H2,18,19,21). The van der Waals surface area contributed by atoms with E-state index >= 15 is 0 Å². The minimum absolute atomic E-state index is 0.276. The number of allylic oxidation sites excluding steroid dienone is 1. The van der Waals surface area contributed by atoms with Gasteiger partial charge in [-0.25, -0.2) is 4.79 Å². The van der Waals surface area contributed by atoms with E-state index in [0.717, 1.165) is 0 Å². The predicted octanol–water partition coefficient (Wildman–Crippen LogP) is 1.84. The Hall–Kier alpha value is -2.22. The van der Waals surface area contributed by atoms with Crippen molar-refractivity contribution in [2.24, 2.45) is 0 Å². The maximum atomic E-state index is 12.2. The lowest BCUT2D eigenvalue weighted by Gasteiger charge is -2.29. The van der Waals surface area contributed by atoms with E-state index in [1.54, 1.807) is 26.1 Å². The summed E-state index contributed by atoms with van der Waals surface area (Å²) in [5.74, 6) is 0.777. The predicted molar refractivity (Wildman–Crippen MR) is 88.4 cm³/mol. The van der Waals surface area contributed by atoms with Crippen molar-refractivity contribution >= 4 is 27.9 Å². The summed E-state index contributed by atoms with van der Waals surface area (Å²) in [6, 6.07) is 2.48. The lowest BCUT2D eigenvalue weighted by atomic mass is 9.94. The molecule has 2 rings (SSSR count). The van der Waals surface area contributed by atoms with Crippen LogP contribution in [-0.4, -0.2) is 33.2 Å². The van der Waals surface area contributed by atoms with Gasteiger partial charge in [0.15, 0.2) is 11.5 Å². The molecule has 0 radical (unpaired) electrons. The second-order valence-corrected chi connectivity index (χ2v) is 5.73. The van der Waals surface area contributed by atoms with Crippen molar-refractivity contribution in [3.05, 3.63) is 33.4 Å². The molecule has 3 amide bonds. The van der Waals surface area contributed by atoms with E-state index in [4.69, 9.17) is 9.47 Å². The quantitative estimate of drug-likeness (QED) is 0.739. The van der Waals surface area contributed by atoms with E-state index in [0.29, 0.717) is 32.8 Å². The van der Waals surface area contributed by atoms with Crippen LogP contribution >= 0.6 is 15.9 Å². The lowest BCUT2D eigenvalue weighted by molar-refractivity contribution is -0.117. The Morgan fingerprint density at radius 3 is 2.43 bits per heavy atom. The molecule has 23 heavy (non-hydrogen) atoms. The summed E-state index contributed by atoms with van der Waals surface area (Å²) >= 11 is 3.46. The van der Waals surface area contributed by atoms with Gasteiger partial charge in [0.05, 0.1) is 25.8 Å². The number of benzene rings is 1. The zero-order chi connectivity index (χ0) is 17.1. The van der Waals surface area contributed by atoms with Gasteiger partial charge in [-0.2, -0.15) is 0 Å². The van der Waals surface area contributed by atoms with E-state index in [-0.39, 0.29) is 11.9 Å². The first-order valence-electron chi connectivity index (χ1n) is 6.84. The van der Waals surface area contributed by atoms with Crippen molar-refractivity contribution in [1.29, 1.82) is 0 Å². The summed E-state index contributed by atoms with van der Waals surface area (Å²) < 4.78 is 11.3. The molecular weight excluding hydrogens is 366 g/mol. The second-order valence-electron chi connectivity index (χ2n) is 4.88. The molecule has 0 aromatic heterocycles. The highest BCUT2D eigenvalue weighted by Gasteiger charge is 2.32. The van der Waals surface area contributed by atoms with Crippen molar-refractivity contribution in [2.45, 2.75) is 13.0 Å². The summed E-state index contributed by atoms with van der Waals surface area (Å²) in [4.78, 5) is 24.1. The van der Waals surface area contributed by atoms with E-state index in [9.17, 15) is 9.59 Å². The van der Waals surface area contributed by atoms with Crippen LogP contribution < -0.4 is 25.4 Å². The van der Waals surface area contributed by atoms with Crippen LogP contribution in [0.1, 0.15) is 18.5 Å². The normalized spacial score (nSPS) is 17.3. The SMILES string of the molecule is CNC(=O)C1=C(C)NC(=O)NC1c1cc(OC)c(OC)cc1Br. The number of hydrogen-bond donors (Lipinski definition) is 3. The minimum Gasteiger partial charge on any atom is -0.493 e. The molecule has 0 saturated carbocycles. The number of carbonyl (C=O) groups is 2. The van der Waals surface area contributed by atoms with E-state index in [1.165, 1.54) is 14.2 Å². The summed E-state index contributed by atoms with van der Waals surface area (Å²) in [6.07, 6.45) is 0. The first-order chi connectivity index (χ1) is 10.9. The fourth-order valence-electron chi connectivity index (χ4n) is 2.45. The molecule has 1 aliphatic heterocycles. The molecule has 0 aliphatic carbocycles. The lowest BCUT2D eigenvalue weighted by Crippen LogP contribution is -2.46. The monoisotopic (exact) mass is 383 g/mol. The van der Waals surface area contributed by atoms with Crippen molar-refractivity contribution in [2.75, 3.05) is 21.3 Å². The summed E-state index contributed by atoms with van der Waals surface area (Å²) in [6.45, 7) is 1.69. The number of likely N-dealkylation sites (N-methyl/N-ethyl adjacent to an activating group) is 1. The number of ether oxygens (including phenoxy) is 2. The van der Waals surface area contributed by atoms with Gasteiger partial charge in [0.1, 0.15) is 0 Å². The van der Waals surface area contributed by atoms with E-state index < -0.39 is 6.04 Å². The third-order valence-corrected chi connectivity index (χ3v) is 4.24. The number of urea groups is 1. The van der Waals surface area contributed by atoms with Crippen LogP contribution in [-0.2, 0) is 4.79 Å². The van der Waals surface area contributed by atoms with Crippen LogP contribution in [0.5, 0.6) is 11.5 Å². The molecule has 1 aromatic rings. The maximum absolute atomic E-state index is 12.2. The first kappa shape index (κ1) is 17.1. The van der Waals surface area contributed by atoms with Gasteiger partial charge in [-0.05, 0) is 24.6 Å². The molecule has 7 nitrogen and oxygen atoms in total. The van der Waals surface area contributed by atoms with Crippen LogP contribution in [0.2, 0.25) is 0 Å². The second kappa shape index (κ2) is 6.91. The highest BCUT2D eigenvalue weighted by atomic mass is 79.9. The number of carbonyl (C=O) groups excluding carboxylic acids is 2. The Morgan fingerprint density at radius 1 is 1.26 bits per heavy atom. The fourth-order valence-corrected chi connectivity index (χ4v) is 3.01. The fraction of sp³-hybridized carbons (Fsp3) is 0.333. The third kappa shape index (κ3) is 3.26. The molecule has 1 atom stereocenters. The Kier molecular flexibility index (Phi) is 5.15. The molecule has 8 heteroatoms. The average Bonchev–Trinajstić information content (AvgIpc) is 2.53. The first-order valence-corrected chi connectivity index (χ1v) is 7.64. The number of amides is 3. The van der Waals surface area contributed by atoms with Gasteiger partial charge in [-0.3, -0.25) is 4.79 Å². The molecule has 1 aliphatic rings. The Bertz CT molecular complexity index is 688. The van der Waals surface area contributed by atoms with Crippen molar-refractivity contribution in [3.8, 4) is 11.5 Å². The van der Waals surface area contributed by atoms with Gasteiger partial charge in [-0.1, -0.05) is 15.9 Å². The highest BCUT2D eigenvalue weighted by molar-refractivity contribution is 9.10. The number of rotatable bonds is 4. The highest BCUT2D eigenvalue weighted by Crippen LogP contribution is 2.39. The van der Waals surface area contributed by atoms with Gasteiger partial charge in [0.2, 0.25) is 0 Å². The zero-order valence-corrected chi connectivity index (χ0v) is 14.8. The van der Waals surface area contributed by atoms with Crippen molar-refractivity contribution in [3.63, 3.8) is 0 Å². The number of halogens is 1. The Balaban J connectivity index is 2.60. The Labute approximate surface area is 142 Å². The van der Waals surface area contributed by atoms with Crippen LogP contribution in [0.3, 0.4) is 0 Å². The molecule has 1 aromatic carbocycles. The minimum atomic E-state index is -0.613. The largest absolute Gasteiger partial charge is 0.493 e. The van der Waals surface area contributed by atoms with Crippen molar-refractivity contribution < 1.29 is 19.1 Å². The van der Waals surface area contributed by atoms with E-state index in [1.807, 2.05) is 0 Å². The van der Waals surface area contributed by atoms with Crippen molar-refractivity contribution in [1.82, 2.24) is 16.0 Å². The Morgan fingerprint density at radius 2 is 1.87 bits per heavy atom. The van der Waals surface area contributed by atoms with Crippen LogP contribution in [0.15, 0.2) is 27.9 Å². The molecule has 0 fully saturated rings. The molecule has 124 valence electrons. The van der Waals surface area contributed by atoms with Gasteiger partial charge >= 0.3 is 6.03 Å². The summed E-state index contributed by atoms with van der Waals surface area (Å²) in [5.41, 5.74) is 1.62. The molecule has 0 bridgehead atoms. The van der Waals surface area contributed by atoms with Gasteiger partial charge in [0.25, 0.3) is 5.91 Å². The molecule has 0 saturated heterocycles.